The van der Waals surface area contributed by atoms with Gasteiger partial charge in [0.05, 0.1) is 25.0 Å². The molecule has 0 fully saturated rings. The molecular weight excluding hydrogens is 484 g/mol. The van der Waals surface area contributed by atoms with E-state index in [0.29, 0.717) is 24.8 Å². The summed E-state index contributed by atoms with van der Waals surface area (Å²) in [6, 6.07) is 16.1. The van der Waals surface area contributed by atoms with Gasteiger partial charge in [0.25, 0.3) is 0 Å². The minimum atomic E-state index is -0.316. The SMILES string of the molecule is CN=C(NCc1ncc(-c2ccccc2)[nH]1)NCC(C)Oc1cccc(F)c1.I. The normalized spacial score (nSPS) is 12.0. The Morgan fingerprint density at radius 1 is 1.17 bits per heavy atom. The maximum absolute atomic E-state index is 13.2. The average Bonchev–Trinajstić information content (AvgIpc) is 3.18. The topological polar surface area (TPSA) is 74.3 Å². The first-order valence-electron chi connectivity index (χ1n) is 9.10. The van der Waals surface area contributed by atoms with Gasteiger partial charge in [0, 0.05) is 13.1 Å². The second-order valence-electron chi connectivity index (χ2n) is 6.30. The van der Waals surface area contributed by atoms with Gasteiger partial charge < -0.3 is 20.4 Å². The van der Waals surface area contributed by atoms with Crippen LogP contribution < -0.4 is 15.4 Å². The first-order chi connectivity index (χ1) is 13.6. The lowest BCUT2D eigenvalue weighted by molar-refractivity contribution is 0.223. The highest BCUT2D eigenvalue weighted by Gasteiger charge is 2.08. The zero-order valence-electron chi connectivity index (χ0n) is 16.4. The molecule has 1 aromatic heterocycles. The molecule has 3 aromatic rings. The summed E-state index contributed by atoms with van der Waals surface area (Å²) in [5.41, 5.74) is 2.06. The highest BCUT2D eigenvalue weighted by atomic mass is 127. The molecule has 8 heteroatoms. The standard InChI is InChI=1S/C21H24FN5O.HI/c1-15(28-18-10-6-9-17(22)11-18)12-25-21(23-2)26-14-20-24-13-19(27-20)16-7-4-3-5-8-16;/h3-11,13,15H,12,14H2,1-2H3,(H,24,27)(H2,23,25,26);1H. The van der Waals surface area contributed by atoms with Crippen LogP contribution in [0.15, 0.2) is 65.8 Å². The second-order valence-corrected chi connectivity index (χ2v) is 6.30. The van der Waals surface area contributed by atoms with E-state index in [1.54, 1.807) is 19.2 Å². The van der Waals surface area contributed by atoms with Crippen molar-refractivity contribution in [2.45, 2.75) is 19.6 Å². The number of aromatic nitrogens is 2. The number of halogens is 2. The summed E-state index contributed by atoms with van der Waals surface area (Å²) in [4.78, 5) is 11.9. The van der Waals surface area contributed by atoms with Crippen LogP contribution in [0.4, 0.5) is 4.39 Å². The molecule has 0 saturated heterocycles. The molecule has 0 bridgehead atoms. The number of aromatic amines is 1. The first kappa shape index (κ1) is 22.7. The third-order valence-corrected chi connectivity index (χ3v) is 4.05. The number of hydrogen-bond donors (Lipinski definition) is 3. The van der Waals surface area contributed by atoms with Crippen LogP contribution in [0, 0.1) is 5.82 Å². The highest BCUT2D eigenvalue weighted by Crippen LogP contribution is 2.16. The van der Waals surface area contributed by atoms with Gasteiger partial charge in [-0.25, -0.2) is 9.37 Å². The van der Waals surface area contributed by atoms with Crippen LogP contribution in [-0.2, 0) is 6.54 Å². The molecule has 1 unspecified atom stereocenters. The van der Waals surface area contributed by atoms with Gasteiger partial charge in [0.15, 0.2) is 5.96 Å². The van der Waals surface area contributed by atoms with Crippen molar-refractivity contribution in [1.29, 1.82) is 0 Å². The van der Waals surface area contributed by atoms with Crippen molar-refractivity contribution in [3.05, 3.63) is 72.4 Å². The van der Waals surface area contributed by atoms with Gasteiger partial charge >= 0.3 is 0 Å². The third kappa shape index (κ3) is 7.04. The van der Waals surface area contributed by atoms with Crippen molar-refractivity contribution in [3.63, 3.8) is 0 Å². The predicted octanol–water partition coefficient (Wildman–Crippen LogP) is 3.97. The molecular formula is C21H25FIN5O. The smallest absolute Gasteiger partial charge is 0.191 e. The minimum Gasteiger partial charge on any atom is -0.489 e. The summed E-state index contributed by atoms with van der Waals surface area (Å²) in [7, 11) is 1.70. The van der Waals surface area contributed by atoms with Crippen LogP contribution in [-0.4, -0.2) is 35.6 Å². The number of aliphatic imine (C=N–C) groups is 1. The van der Waals surface area contributed by atoms with E-state index in [9.17, 15) is 4.39 Å². The van der Waals surface area contributed by atoms with E-state index >= 15 is 0 Å². The zero-order valence-corrected chi connectivity index (χ0v) is 18.7. The quantitative estimate of drug-likeness (QED) is 0.256. The molecule has 1 heterocycles. The van der Waals surface area contributed by atoms with Crippen molar-refractivity contribution in [1.82, 2.24) is 20.6 Å². The van der Waals surface area contributed by atoms with Gasteiger partial charge in [-0.15, -0.1) is 24.0 Å². The number of rotatable bonds is 7. The summed E-state index contributed by atoms with van der Waals surface area (Å²) >= 11 is 0. The molecule has 2 aromatic carbocycles. The molecule has 0 amide bonds. The Morgan fingerprint density at radius 3 is 2.69 bits per heavy atom. The number of nitrogens with zero attached hydrogens (tertiary/aromatic N) is 2. The van der Waals surface area contributed by atoms with E-state index in [0.717, 1.165) is 17.1 Å². The second kappa shape index (κ2) is 11.4. The van der Waals surface area contributed by atoms with E-state index in [1.165, 1.54) is 12.1 Å². The summed E-state index contributed by atoms with van der Waals surface area (Å²) in [6.45, 7) is 2.93. The van der Waals surface area contributed by atoms with Gasteiger partial charge in [-0.2, -0.15) is 0 Å². The fraction of sp³-hybridized carbons (Fsp3) is 0.238. The fourth-order valence-electron chi connectivity index (χ4n) is 2.66. The lowest BCUT2D eigenvalue weighted by Gasteiger charge is -2.17. The number of benzene rings is 2. The van der Waals surface area contributed by atoms with Gasteiger partial charge in [0.1, 0.15) is 23.5 Å². The van der Waals surface area contributed by atoms with E-state index < -0.39 is 0 Å². The van der Waals surface area contributed by atoms with Gasteiger partial charge in [-0.1, -0.05) is 36.4 Å². The molecule has 6 nitrogen and oxygen atoms in total. The fourth-order valence-corrected chi connectivity index (χ4v) is 2.66. The first-order valence-corrected chi connectivity index (χ1v) is 9.10. The van der Waals surface area contributed by atoms with Crippen LogP contribution in [0.5, 0.6) is 5.75 Å². The number of ether oxygens (including phenoxy) is 1. The van der Waals surface area contributed by atoms with Gasteiger partial charge in [0.2, 0.25) is 0 Å². The Bertz CT molecular complexity index is 916. The average molecular weight is 509 g/mol. The van der Waals surface area contributed by atoms with Gasteiger partial charge in [-0.3, -0.25) is 4.99 Å². The lowest BCUT2D eigenvalue weighted by atomic mass is 10.2. The monoisotopic (exact) mass is 509 g/mol. The Labute approximate surface area is 187 Å². The van der Waals surface area contributed by atoms with Crippen molar-refractivity contribution < 1.29 is 9.13 Å². The maximum Gasteiger partial charge on any atom is 0.191 e. The van der Waals surface area contributed by atoms with E-state index in [4.69, 9.17) is 4.74 Å². The molecule has 3 rings (SSSR count). The van der Waals surface area contributed by atoms with E-state index in [2.05, 4.69) is 25.6 Å². The molecule has 154 valence electrons. The van der Waals surface area contributed by atoms with Crippen LogP contribution in [0.25, 0.3) is 11.3 Å². The summed E-state index contributed by atoms with van der Waals surface area (Å²) < 4.78 is 18.9. The molecule has 0 radical (unpaired) electrons. The third-order valence-electron chi connectivity index (χ3n) is 4.05. The van der Waals surface area contributed by atoms with Crippen LogP contribution in [0.1, 0.15) is 12.7 Å². The maximum atomic E-state index is 13.2. The lowest BCUT2D eigenvalue weighted by Crippen LogP contribution is -2.41. The summed E-state index contributed by atoms with van der Waals surface area (Å²) in [5.74, 6) is 1.63. The van der Waals surface area contributed by atoms with Crippen molar-refractivity contribution in [3.8, 4) is 17.0 Å². The predicted molar refractivity (Wildman–Crippen MR) is 124 cm³/mol. The molecule has 1 atom stereocenters. The van der Waals surface area contributed by atoms with Crippen LogP contribution >= 0.6 is 24.0 Å². The van der Waals surface area contributed by atoms with Gasteiger partial charge in [-0.05, 0) is 24.6 Å². The molecule has 0 spiro atoms. The number of nitrogens with one attached hydrogen (secondary N) is 3. The minimum absolute atomic E-state index is 0. The Balaban J connectivity index is 0.00000300. The van der Waals surface area contributed by atoms with E-state index in [1.807, 2.05) is 43.5 Å². The van der Waals surface area contributed by atoms with Crippen LogP contribution in [0.3, 0.4) is 0 Å². The van der Waals surface area contributed by atoms with Crippen LogP contribution in [0.2, 0.25) is 0 Å². The van der Waals surface area contributed by atoms with Crippen molar-refractivity contribution in [2.75, 3.05) is 13.6 Å². The van der Waals surface area contributed by atoms with E-state index in [-0.39, 0.29) is 35.9 Å². The molecule has 0 aliphatic rings. The zero-order chi connectivity index (χ0) is 19.8. The van der Waals surface area contributed by atoms with Crippen molar-refractivity contribution >= 4 is 29.9 Å². The van der Waals surface area contributed by atoms with Crippen molar-refractivity contribution in [2.24, 2.45) is 4.99 Å². The summed E-state index contributed by atoms with van der Waals surface area (Å²) in [6.07, 6.45) is 1.66. The summed E-state index contributed by atoms with van der Waals surface area (Å²) in [5, 5.41) is 6.40. The Hall–Kier alpha value is -2.62. The number of hydrogen-bond acceptors (Lipinski definition) is 3. The molecule has 29 heavy (non-hydrogen) atoms. The molecule has 0 aliphatic carbocycles. The Kier molecular flexibility index (Phi) is 8.91. The highest BCUT2D eigenvalue weighted by molar-refractivity contribution is 14.0. The Morgan fingerprint density at radius 2 is 1.97 bits per heavy atom. The molecule has 0 saturated carbocycles. The largest absolute Gasteiger partial charge is 0.489 e. The number of H-pyrrole nitrogens is 1. The number of imidazole rings is 1. The molecule has 3 N–H and O–H groups in total. The number of guanidine groups is 1. The molecule has 0 aliphatic heterocycles.